The maximum atomic E-state index is 11.0. The summed E-state index contributed by atoms with van der Waals surface area (Å²) in [4.78, 5) is 0. The molecule has 148 valence electrons. The molecular formula is C23H39NO2. The van der Waals surface area contributed by atoms with Crippen LogP contribution in [-0.4, -0.2) is 30.1 Å². The fourth-order valence-corrected chi connectivity index (χ4v) is 8.43. The molecule has 4 fully saturated rings. The molecule has 3 heteroatoms. The van der Waals surface area contributed by atoms with Gasteiger partial charge in [0.2, 0.25) is 0 Å². The van der Waals surface area contributed by atoms with Gasteiger partial charge in [-0.05, 0) is 99.2 Å². The molecular weight excluding hydrogens is 322 g/mol. The first kappa shape index (κ1) is 18.9. The Labute approximate surface area is 159 Å². The molecule has 3 nitrogen and oxygen atoms in total. The van der Waals surface area contributed by atoms with Crippen molar-refractivity contribution in [1.29, 1.82) is 5.41 Å². The summed E-state index contributed by atoms with van der Waals surface area (Å²) in [6, 6.07) is 0. The summed E-state index contributed by atoms with van der Waals surface area (Å²) in [6.45, 7) is 7.60. The van der Waals surface area contributed by atoms with Crippen molar-refractivity contribution in [2.24, 2.45) is 40.4 Å². The zero-order valence-corrected chi connectivity index (χ0v) is 17.3. The van der Waals surface area contributed by atoms with Gasteiger partial charge in [0.05, 0.1) is 12.2 Å². The third-order valence-electron chi connectivity index (χ3n) is 9.76. The van der Waals surface area contributed by atoms with E-state index in [9.17, 15) is 5.11 Å². The van der Waals surface area contributed by atoms with Gasteiger partial charge in [-0.15, -0.1) is 0 Å². The number of hydrogen-bond acceptors (Lipinski definition) is 3. The highest BCUT2D eigenvalue weighted by molar-refractivity contribution is 5.82. The van der Waals surface area contributed by atoms with Crippen molar-refractivity contribution in [2.75, 3.05) is 13.7 Å². The van der Waals surface area contributed by atoms with Gasteiger partial charge < -0.3 is 15.3 Å². The third-order valence-corrected chi connectivity index (χ3v) is 9.76. The van der Waals surface area contributed by atoms with Gasteiger partial charge in [0.25, 0.3) is 0 Å². The predicted octanol–water partition coefficient (Wildman–Crippen LogP) is 5.06. The van der Waals surface area contributed by atoms with Crippen molar-refractivity contribution in [3.63, 3.8) is 0 Å². The van der Waals surface area contributed by atoms with Gasteiger partial charge in [0, 0.05) is 18.7 Å². The standard InChI is InChI=1S/C23H39NO2/c1-15(24)18-7-8-19-17-6-5-16-13-23(25,14-26-4)12-11-21(16,2)20(17)9-10-22(18,19)3/h16-20,24-25H,5-14H2,1-4H3/t16?,17?,18?,19?,20?,21?,22?,23-/m1/s1. The van der Waals surface area contributed by atoms with Crippen LogP contribution in [-0.2, 0) is 4.74 Å². The average Bonchev–Trinajstić information content (AvgIpc) is 2.93. The number of ether oxygens (including phenoxy) is 1. The lowest BCUT2D eigenvalue weighted by atomic mass is 9.44. The van der Waals surface area contributed by atoms with Gasteiger partial charge in [0.15, 0.2) is 0 Å². The van der Waals surface area contributed by atoms with E-state index in [4.69, 9.17) is 10.1 Å². The minimum absolute atomic E-state index is 0.377. The van der Waals surface area contributed by atoms with Crippen LogP contribution in [0.2, 0.25) is 0 Å². The molecule has 7 unspecified atom stereocenters. The molecule has 0 aromatic heterocycles. The lowest BCUT2D eigenvalue weighted by Crippen LogP contribution is -2.56. The smallest absolute Gasteiger partial charge is 0.0883 e. The van der Waals surface area contributed by atoms with Crippen molar-refractivity contribution in [3.8, 4) is 0 Å². The summed E-state index contributed by atoms with van der Waals surface area (Å²) < 4.78 is 5.34. The molecule has 4 saturated carbocycles. The second kappa shape index (κ2) is 6.30. The highest BCUT2D eigenvalue weighted by Crippen LogP contribution is 2.68. The molecule has 26 heavy (non-hydrogen) atoms. The van der Waals surface area contributed by atoms with Crippen LogP contribution in [0.5, 0.6) is 0 Å². The Bertz CT molecular complexity index is 577. The highest BCUT2D eigenvalue weighted by Gasteiger charge is 2.61. The van der Waals surface area contributed by atoms with Crippen LogP contribution in [0, 0.1) is 45.8 Å². The van der Waals surface area contributed by atoms with Gasteiger partial charge >= 0.3 is 0 Å². The van der Waals surface area contributed by atoms with Crippen LogP contribution < -0.4 is 0 Å². The van der Waals surface area contributed by atoms with Gasteiger partial charge in [-0.2, -0.15) is 0 Å². The van der Waals surface area contributed by atoms with Gasteiger partial charge in [-0.3, -0.25) is 0 Å². The molecule has 2 N–H and O–H groups in total. The lowest BCUT2D eigenvalue weighted by molar-refractivity contribution is -0.161. The molecule has 0 bridgehead atoms. The van der Waals surface area contributed by atoms with E-state index in [1.807, 2.05) is 6.92 Å². The Balaban J connectivity index is 1.56. The SMILES string of the molecule is COC[C@@]1(O)CCC2(C)C(CCC3C2CCC2(C)C(C(C)=N)CCC32)C1. The van der Waals surface area contributed by atoms with Gasteiger partial charge in [0.1, 0.15) is 0 Å². The summed E-state index contributed by atoms with van der Waals surface area (Å²) >= 11 is 0. The molecule has 0 aromatic carbocycles. The molecule has 0 spiro atoms. The number of hydrogen-bond donors (Lipinski definition) is 2. The fourth-order valence-electron chi connectivity index (χ4n) is 8.43. The third kappa shape index (κ3) is 2.64. The molecule has 0 saturated heterocycles. The van der Waals surface area contributed by atoms with Crippen LogP contribution >= 0.6 is 0 Å². The topological polar surface area (TPSA) is 53.3 Å². The quantitative estimate of drug-likeness (QED) is 0.690. The van der Waals surface area contributed by atoms with E-state index in [0.29, 0.717) is 29.3 Å². The number of nitrogens with one attached hydrogen (secondary N) is 1. The van der Waals surface area contributed by atoms with Crippen molar-refractivity contribution < 1.29 is 9.84 Å². The van der Waals surface area contributed by atoms with Crippen molar-refractivity contribution >= 4 is 5.71 Å². The zero-order chi connectivity index (χ0) is 18.7. The second-order valence-electron chi connectivity index (χ2n) is 10.9. The molecule has 0 aliphatic heterocycles. The minimum Gasteiger partial charge on any atom is -0.387 e. The van der Waals surface area contributed by atoms with Crippen LogP contribution in [0.4, 0.5) is 0 Å². The Hall–Kier alpha value is -0.410. The summed E-state index contributed by atoms with van der Waals surface area (Å²) in [5, 5.41) is 19.3. The first-order valence-electron chi connectivity index (χ1n) is 11.0. The molecule has 0 heterocycles. The Morgan fingerprint density at radius 1 is 1.00 bits per heavy atom. The van der Waals surface area contributed by atoms with Crippen LogP contribution in [0.3, 0.4) is 0 Å². The van der Waals surface area contributed by atoms with E-state index in [0.717, 1.165) is 42.7 Å². The van der Waals surface area contributed by atoms with E-state index in [1.54, 1.807) is 7.11 Å². The molecule has 4 rings (SSSR count). The summed E-state index contributed by atoms with van der Waals surface area (Å²) in [6.07, 6.45) is 10.9. The van der Waals surface area contributed by atoms with Crippen LogP contribution in [0.1, 0.15) is 78.6 Å². The van der Waals surface area contributed by atoms with Crippen LogP contribution in [0.25, 0.3) is 0 Å². The Kier molecular flexibility index (Phi) is 4.59. The molecule has 0 radical (unpaired) electrons. The number of rotatable bonds is 3. The average molecular weight is 362 g/mol. The number of methoxy groups -OCH3 is 1. The summed E-state index contributed by atoms with van der Waals surface area (Å²) in [5.74, 6) is 3.69. The second-order valence-corrected chi connectivity index (χ2v) is 10.9. The molecule has 4 aliphatic carbocycles. The minimum atomic E-state index is -0.593. The maximum Gasteiger partial charge on any atom is 0.0883 e. The maximum absolute atomic E-state index is 11.0. The largest absolute Gasteiger partial charge is 0.387 e. The van der Waals surface area contributed by atoms with Crippen molar-refractivity contribution in [2.45, 2.75) is 84.2 Å². The molecule has 0 aromatic rings. The zero-order valence-electron chi connectivity index (χ0n) is 17.3. The highest BCUT2D eigenvalue weighted by atomic mass is 16.5. The monoisotopic (exact) mass is 361 g/mol. The van der Waals surface area contributed by atoms with E-state index in [-0.39, 0.29) is 0 Å². The van der Waals surface area contributed by atoms with Gasteiger partial charge in [-0.25, -0.2) is 0 Å². The molecule has 0 amide bonds. The summed E-state index contributed by atoms with van der Waals surface area (Å²) in [5.41, 5.74) is 1.12. The van der Waals surface area contributed by atoms with E-state index in [1.165, 1.54) is 38.5 Å². The first-order valence-corrected chi connectivity index (χ1v) is 11.0. The van der Waals surface area contributed by atoms with Crippen LogP contribution in [0.15, 0.2) is 0 Å². The van der Waals surface area contributed by atoms with Crippen molar-refractivity contribution in [1.82, 2.24) is 0 Å². The first-order chi connectivity index (χ1) is 12.2. The van der Waals surface area contributed by atoms with E-state index < -0.39 is 5.60 Å². The fraction of sp³-hybridized carbons (Fsp3) is 0.957. The van der Waals surface area contributed by atoms with Crippen molar-refractivity contribution in [3.05, 3.63) is 0 Å². The Morgan fingerprint density at radius 3 is 2.42 bits per heavy atom. The van der Waals surface area contributed by atoms with Gasteiger partial charge in [-0.1, -0.05) is 13.8 Å². The Morgan fingerprint density at radius 2 is 1.73 bits per heavy atom. The molecule has 4 aliphatic rings. The normalized spacial score (nSPS) is 53.5. The number of fused-ring (bicyclic) bond motifs is 5. The predicted molar refractivity (Wildman–Crippen MR) is 105 cm³/mol. The lowest BCUT2D eigenvalue weighted by Gasteiger charge is -2.62. The number of aliphatic hydroxyl groups is 1. The summed E-state index contributed by atoms with van der Waals surface area (Å²) in [7, 11) is 1.71. The molecule has 8 atom stereocenters. The van der Waals surface area contributed by atoms with E-state index >= 15 is 0 Å². The van der Waals surface area contributed by atoms with E-state index in [2.05, 4.69) is 13.8 Å².